The Morgan fingerprint density at radius 2 is 1.78 bits per heavy atom. The predicted molar refractivity (Wildman–Crippen MR) is 96.2 cm³/mol. The second-order valence-electron chi connectivity index (χ2n) is 6.44. The van der Waals surface area contributed by atoms with Gasteiger partial charge in [0.25, 0.3) is 0 Å². The lowest BCUT2D eigenvalue weighted by Gasteiger charge is -2.29. The van der Waals surface area contributed by atoms with Crippen LogP contribution in [0.3, 0.4) is 0 Å². The molecule has 118 valence electrons. The fourth-order valence-electron chi connectivity index (χ4n) is 2.95. The van der Waals surface area contributed by atoms with Gasteiger partial charge < -0.3 is 0 Å². The Bertz CT molecular complexity index is 795. The molecule has 1 aliphatic heterocycles. The summed E-state index contributed by atoms with van der Waals surface area (Å²) in [7, 11) is 0. The van der Waals surface area contributed by atoms with Crippen molar-refractivity contribution in [2.45, 2.75) is 32.2 Å². The number of halogens is 2. The number of benzene rings is 2. The second-order valence-corrected chi connectivity index (χ2v) is 7.25. The highest BCUT2D eigenvalue weighted by Crippen LogP contribution is 2.34. The summed E-state index contributed by atoms with van der Waals surface area (Å²) in [6.07, 6.45) is 1.04. The van der Waals surface area contributed by atoms with Gasteiger partial charge in [0.1, 0.15) is 0 Å². The van der Waals surface area contributed by atoms with E-state index in [2.05, 4.69) is 13.8 Å². The van der Waals surface area contributed by atoms with Crippen LogP contribution in [0.5, 0.6) is 0 Å². The Labute approximate surface area is 146 Å². The van der Waals surface area contributed by atoms with E-state index in [9.17, 15) is 4.79 Å². The first-order valence-electron chi connectivity index (χ1n) is 7.51. The maximum atomic E-state index is 12.5. The molecule has 0 atom stereocenters. The van der Waals surface area contributed by atoms with Crippen molar-refractivity contribution in [2.75, 3.05) is 0 Å². The summed E-state index contributed by atoms with van der Waals surface area (Å²) >= 11 is 12.3. The Morgan fingerprint density at radius 1 is 1.13 bits per heavy atom. The van der Waals surface area contributed by atoms with Gasteiger partial charge in [-0.3, -0.25) is 9.79 Å². The third-order valence-corrected chi connectivity index (χ3v) is 4.66. The number of hydrogen-bond donors (Lipinski definition) is 0. The van der Waals surface area contributed by atoms with E-state index in [0.717, 1.165) is 23.3 Å². The highest BCUT2D eigenvalue weighted by Gasteiger charge is 2.28. The van der Waals surface area contributed by atoms with Gasteiger partial charge in [-0.25, -0.2) is 0 Å². The molecule has 2 aromatic carbocycles. The Kier molecular flexibility index (Phi) is 4.31. The van der Waals surface area contributed by atoms with E-state index in [1.165, 1.54) is 0 Å². The summed E-state index contributed by atoms with van der Waals surface area (Å²) in [5.41, 5.74) is 3.25. The van der Waals surface area contributed by atoms with Gasteiger partial charge in [0, 0.05) is 11.1 Å². The fourth-order valence-corrected chi connectivity index (χ4v) is 3.30. The Balaban J connectivity index is 1.99. The lowest BCUT2D eigenvalue weighted by atomic mass is 9.85. The highest BCUT2D eigenvalue weighted by molar-refractivity contribution is 6.42. The fraction of sp³-hybridized carbons (Fsp3) is 0.263. The predicted octanol–water partition coefficient (Wildman–Crippen LogP) is 5.39. The third-order valence-electron chi connectivity index (χ3n) is 3.94. The molecule has 0 bridgehead atoms. The lowest BCUT2D eigenvalue weighted by Crippen LogP contribution is -2.30. The van der Waals surface area contributed by atoms with Crippen LogP contribution in [0.2, 0.25) is 10.0 Å². The minimum Gasteiger partial charge on any atom is -0.294 e. The van der Waals surface area contributed by atoms with Crippen molar-refractivity contribution in [2.24, 2.45) is 4.99 Å². The summed E-state index contributed by atoms with van der Waals surface area (Å²) in [4.78, 5) is 17.3. The smallest absolute Gasteiger partial charge is 0.168 e. The van der Waals surface area contributed by atoms with Crippen LogP contribution >= 0.6 is 23.2 Å². The quantitative estimate of drug-likeness (QED) is 0.685. The van der Waals surface area contributed by atoms with Crippen molar-refractivity contribution in [3.05, 3.63) is 69.2 Å². The van der Waals surface area contributed by atoms with Crippen LogP contribution in [0, 0.1) is 0 Å². The molecule has 0 saturated heterocycles. The van der Waals surface area contributed by atoms with Crippen molar-refractivity contribution >= 4 is 34.7 Å². The summed E-state index contributed by atoms with van der Waals surface area (Å²) in [5, 5.41) is 1.03. The second kappa shape index (κ2) is 6.10. The van der Waals surface area contributed by atoms with Gasteiger partial charge in [-0.1, -0.05) is 53.5 Å². The summed E-state index contributed by atoms with van der Waals surface area (Å²) in [5.74, 6) is 0.0547. The summed E-state index contributed by atoms with van der Waals surface area (Å²) in [6.45, 7) is 4.12. The van der Waals surface area contributed by atoms with E-state index >= 15 is 0 Å². The van der Waals surface area contributed by atoms with Gasteiger partial charge in [0.05, 0.1) is 27.7 Å². The van der Waals surface area contributed by atoms with E-state index in [1.807, 2.05) is 42.5 Å². The first-order valence-corrected chi connectivity index (χ1v) is 8.26. The highest BCUT2D eigenvalue weighted by atomic mass is 35.5. The Hall–Kier alpha value is -1.64. The van der Waals surface area contributed by atoms with Gasteiger partial charge in [0.15, 0.2) is 5.78 Å². The molecule has 2 aromatic rings. The molecule has 2 nitrogen and oxygen atoms in total. The molecule has 0 aromatic heterocycles. The molecule has 0 aliphatic carbocycles. The van der Waals surface area contributed by atoms with Gasteiger partial charge in [-0.15, -0.1) is 0 Å². The maximum Gasteiger partial charge on any atom is 0.168 e. The number of ketones is 1. The van der Waals surface area contributed by atoms with Gasteiger partial charge >= 0.3 is 0 Å². The van der Waals surface area contributed by atoms with Crippen molar-refractivity contribution in [1.82, 2.24) is 0 Å². The molecule has 0 amide bonds. The van der Waals surface area contributed by atoms with Crippen LogP contribution in [-0.2, 0) is 6.42 Å². The van der Waals surface area contributed by atoms with E-state index in [1.54, 1.807) is 0 Å². The zero-order valence-corrected chi connectivity index (χ0v) is 14.6. The number of aliphatic imine (C=N–C) groups is 1. The lowest BCUT2D eigenvalue weighted by molar-refractivity contribution is 0.100. The zero-order chi connectivity index (χ0) is 16.6. The standard InChI is InChI=1S/C19H17Cl2NO/c1-19(2)11-13-8-15(20)16(21)9-14(13)17(22-19)10-18(23)12-6-4-3-5-7-12/h3-9H,10-11H2,1-2H3. The number of rotatable bonds is 3. The zero-order valence-electron chi connectivity index (χ0n) is 13.1. The largest absolute Gasteiger partial charge is 0.294 e. The molecule has 3 rings (SSSR count). The minimum absolute atomic E-state index is 0.0547. The molecule has 0 saturated carbocycles. The van der Waals surface area contributed by atoms with Crippen LogP contribution in [0.1, 0.15) is 41.8 Å². The molecule has 0 radical (unpaired) electrons. The molecule has 0 unspecified atom stereocenters. The number of nitrogens with zero attached hydrogens (tertiary/aromatic N) is 1. The van der Waals surface area contributed by atoms with Gasteiger partial charge in [-0.05, 0) is 38.0 Å². The van der Waals surface area contributed by atoms with E-state index in [0.29, 0.717) is 15.6 Å². The van der Waals surface area contributed by atoms with E-state index in [4.69, 9.17) is 28.2 Å². The van der Waals surface area contributed by atoms with Crippen molar-refractivity contribution in [1.29, 1.82) is 0 Å². The summed E-state index contributed by atoms with van der Waals surface area (Å²) in [6, 6.07) is 13.0. The van der Waals surface area contributed by atoms with E-state index in [-0.39, 0.29) is 17.7 Å². The molecule has 1 aliphatic rings. The third kappa shape index (κ3) is 3.49. The van der Waals surface area contributed by atoms with Gasteiger partial charge in [0.2, 0.25) is 0 Å². The molecule has 0 spiro atoms. The first kappa shape index (κ1) is 16.2. The normalized spacial score (nSPS) is 15.7. The van der Waals surface area contributed by atoms with Crippen molar-refractivity contribution in [3.63, 3.8) is 0 Å². The average molecular weight is 346 g/mol. The minimum atomic E-state index is -0.254. The average Bonchev–Trinajstić information content (AvgIpc) is 2.49. The number of carbonyl (C=O) groups is 1. The monoisotopic (exact) mass is 345 g/mol. The first-order chi connectivity index (χ1) is 10.9. The van der Waals surface area contributed by atoms with Crippen LogP contribution in [0.4, 0.5) is 0 Å². The number of hydrogen-bond acceptors (Lipinski definition) is 2. The van der Waals surface area contributed by atoms with E-state index < -0.39 is 0 Å². The summed E-state index contributed by atoms with van der Waals surface area (Å²) < 4.78 is 0. The topological polar surface area (TPSA) is 29.4 Å². The van der Waals surface area contributed by atoms with Crippen molar-refractivity contribution in [3.8, 4) is 0 Å². The maximum absolute atomic E-state index is 12.5. The molecular weight excluding hydrogens is 329 g/mol. The van der Waals surface area contributed by atoms with Crippen LogP contribution in [0.15, 0.2) is 47.5 Å². The molecule has 0 fully saturated rings. The van der Waals surface area contributed by atoms with Crippen LogP contribution in [-0.4, -0.2) is 17.0 Å². The number of Topliss-reactive ketones (excluding diaryl/α,β-unsaturated/α-hetero) is 1. The Morgan fingerprint density at radius 3 is 2.48 bits per heavy atom. The number of fused-ring (bicyclic) bond motifs is 1. The van der Waals surface area contributed by atoms with Gasteiger partial charge in [-0.2, -0.15) is 0 Å². The van der Waals surface area contributed by atoms with Crippen molar-refractivity contribution < 1.29 is 4.79 Å². The van der Waals surface area contributed by atoms with Crippen LogP contribution < -0.4 is 0 Å². The number of carbonyl (C=O) groups excluding carboxylic acids is 1. The van der Waals surface area contributed by atoms with Crippen LogP contribution in [0.25, 0.3) is 0 Å². The molecule has 0 N–H and O–H groups in total. The SMILES string of the molecule is CC1(C)Cc2cc(Cl)c(Cl)cc2C(CC(=O)c2ccccc2)=N1. The molecular formula is C19H17Cl2NO. The molecule has 1 heterocycles. The molecule has 23 heavy (non-hydrogen) atoms. The molecule has 4 heteroatoms.